The lowest BCUT2D eigenvalue weighted by molar-refractivity contribution is 0.109. The molecule has 26 heavy (non-hydrogen) atoms. The molecule has 0 spiro atoms. The van der Waals surface area contributed by atoms with Crippen molar-refractivity contribution in [1.82, 2.24) is 20.2 Å². The van der Waals surface area contributed by atoms with Crippen LogP contribution < -0.4 is 10.6 Å². The molecule has 1 aromatic heterocycles. The van der Waals surface area contributed by atoms with Gasteiger partial charge in [-0.1, -0.05) is 43.7 Å². The first kappa shape index (κ1) is 20.6. The van der Waals surface area contributed by atoms with E-state index >= 15 is 0 Å². The monoisotopic (exact) mass is 358 g/mol. The van der Waals surface area contributed by atoms with E-state index in [4.69, 9.17) is 9.72 Å². The second-order valence-corrected chi connectivity index (χ2v) is 6.39. The van der Waals surface area contributed by atoms with Crippen LogP contribution in [0.5, 0.6) is 0 Å². The quantitative estimate of drug-likeness (QED) is 0.809. The molecule has 1 aromatic rings. The number of hydrogen-bond acceptors (Lipinski definition) is 4. The van der Waals surface area contributed by atoms with Gasteiger partial charge in [0.25, 0.3) is 0 Å². The van der Waals surface area contributed by atoms with Crippen molar-refractivity contribution in [3.63, 3.8) is 0 Å². The van der Waals surface area contributed by atoms with Crippen molar-refractivity contribution in [3.05, 3.63) is 47.1 Å². The standard InChI is InChI=1S/C15H19N3.C4H9NO.C2H6/c1-11-4-3-5-13(7-6-11)15-14-10-16-8-9-18(14)12(2)17-15;1-3-6-4-2-5-1;1-2/h3,5-7,16H,4,8-10H2,1-2H3;5H,1-4H2;1-2H3. The minimum absolute atomic E-state index is 0.889. The van der Waals surface area contributed by atoms with E-state index in [0.717, 1.165) is 63.9 Å². The molecule has 2 N–H and O–H groups in total. The Bertz CT molecular complexity index is 640. The number of ether oxygens (including phenoxy) is 1. The zero-order valence-electron chi connectivity index (χ0n) is 16.8. The van der Waals surface area contributed by atoms with Gasteiger partial charge >= 0.3 is 0 Å². The number of nitrogens with one attached hydrogen (secondary N) is 2. The van der Waals surface area contributed by atoms with Crippen molar-refractivity contribution in [3.8, 4) is 0 Å². The Morgan fingerprint density at radius 1 is 1.04 bits per heavy atom. The van der Waals surface area contributed by atoms with Gasteiger partial charge in [-0.2, -0.15) is 0 Å². The van der Waals surface area contributed by atoms with Crippen LogP contribution in [0.15, 0.2) is 29.9 Å². The number of aromatic nitrogens is 2. The van der Waals surface area contributed by atoms with Crippen LogP contribution in [0.4, 0.5) is 0 Å². The number of nitrogens with zero attached hydrogens (tertiary/aromatic N) is 2. The Kier molecular flexibility index (Phi) is 8.81. The molecule has 0 amide bonds. The molecule has 5 nitrogen and oxygen atoms in total. The van der Waals surface area contributed by atoms with Crippen molar-refractivity contribution in [1.29, 1.82) is 0 Å². The molecular weight excluding hydrogens is 324 g/mol. The average Bonchev–Trinajstić information content (AvgIpc) is 2.89. The van der Waals surface area contributed by atoms with Crippen LogP contribution in [0.2, 0.25) is 0 Å². The molecule has 0 unspecified atom stereocenters. The number of rotatable bonds is 1. The summed E-state index contributed by atoms with van der Waals surface area (Å²) in [6, 6.07) is 0. The second kappa shape index (κ2) is 11.1. The Morgan fingerprint density at radius 2 is 1.81 bits per heavy atom. The van der Waals surface area contributed by atoms with Crippen LogP contribution in [-0.4, -0.2) is 42.4 Å². The van der Waals surface area contributed by atoms with Crippen molar-refractivity contribution in [2.75, 3.05) is 32.8 Å². The van der Waals surface area contributed by atoms with Crippen LogP contribution in [0, 0.1) is 6.92 Å². The summed E-state index contributed by atoms with van der Waals surface area (Å²) in [4.78, 5) is 4.76. The maximum absolute atomic E-state index is 5.01. The number of aryl methyl sites for hydroxylation is 1. The highest BCUT2D eigenvalue weighted by Gasteiger charge is 2.19. The molecule has 0 atom stereocenters. The number of allylic oxidation sites excluding steroid dienone is 6. The molecule has 2 aliphatic heterocycles. The molecule has 3 heterocycles. The molecule has 0 aromatic carbocycles. The van der Waals surface area contributed by atoms with Crippen molar-refractivity contribution in [2.24, 2.45) is 0 Å². The highest BCUT2D eigenvalue weighted by molar-refractivity contribution is 5.75. The van der Waals surface area contributed by atoms with Crippen LogP contribution in [0.3, 0.4) is 0 Å². The normalized spacial score (nSPS) is 18.9. The van der Waals surface area contributed by atoms with Crippen LogP contribution >= 0.6 is 0 Å². The minimum atomic E-state index is 0.889. The smallest absolute Gasteiger partial charge is 0.106 e. The Labute approximate surface area is 158 Å². The van der Waals surface area contributed by atoms with E-state index in [1.165, 1.54) is 16.8 Å². The molecule has 1 fully saturated rings. The summed E-state index contributed by atoms with van der Waals surface area (Å²) >= 11 is 0. The predicted molar refractivity (Wildman–Crippen MR) is 109 cm³/mol. The van der Waals surface area contributed by atoms with E-state index in [0.29, 0.717) is 0 Å². The van der Waals surface area contributed by atoms with Gasteiger partial charge in [-0.15, -0.1) is 0 Å². The fourth-order valence-electron chi connectivity index (χ4n) is 3.12. The van der Waals surface area contributed by atoms with Gasteiger partial charge in [-0.05, 0) is 20.3 Å². The van der Waals surface area contributed by atoms with E-state index in [1.54, 1.807) is 0 Å². The molecule has 0 radical (unpaired) electrons. The Morgan fingerprint density at radius 3 is 2.46 bits per heavy atom. The summed E-state index contributed by atoms with van der Waals surface area (Å²) in [7, 11) is 0. The molecule has 0 saturated carbocycles. The largest absolute Gasteiger partial charge is 0.379 e. The molecule has 144 valence electrons. The van der Waals surface area contributed by atoms with Crippen molar-refractivity contribution < 1.29 is 4.74 Å². The number of morpholine rings is 1. The number of fused-ring (bicyclic) bond motifs is 1. The van der Waals surface area contributed by atoms with Gasteiger partial charge < -0.3 is 19.9 Å². The third kappa shape index (κ3) is 5.66. The molecular formula is C21H34N4O. The van der Waals surface area contributed by atoms with Gasteiger partial charge in [0, 0.05) is 38.3 Å². The van der Waals surface area contributed by atoms with Crippen molar-refractivity contribution >= 4 is 5.57 Å². The third-order valence-corrected chi connectivity index (χ3v) is 4.47. The average molecular weight is 359 g/mol. The molecule has 5 heteroatoms. The summed E-state index contributed by atoms with van der Waals surface area (Å²) < 4.78 is 7.34. The van der Waals surface area contributed by atoms with E-state index < -0.39 is 0 Å². The van der Waals surface area contributed by atoms with Crippen LogP contribution in [0.1, 0.15) is 44.4 Å². The summed E-state index contributed by atoms with van der Waals surface area (Å²) in [6.45, 7) is 15.1. The first-order valence-corrected chi connectivity index (χ1v) is 9.85. The number of imidazole rings is 1. The highest BCUT2D eigenvalue weighted by atomic mass is 16.5. The summed E-state index contributed by atoms with van der Waals surface area (Å²) in [5.74, 6) is 1.13. The Balaban J connectivity index is 0.000000256. The van der Waals surface area contributed by atoms with E-state index in [1.807, 2.05) is 13.8 Å². The third-order valence-electron chi connectivity index (χ3n) is 4.47. The lowest BCUT2D eigenvalue weighted by Gasteiger charge is -2.18. The molecule has 3 aliphatic rings. The fourth-order valence-corrected chi connectivity index (χ4v) is 3.12. The van der Waals surface area contributed by atoms with Gasteiger partial charge in [-0.3, -0.25) is 0 Å². The second-order valence-electron chi connectivity index (χ2n) is 6.39. The highest BCUT2D eigenvalue weighted by Crippen LogP contribution is 2.25. The van der Waals surface area contributed by atoms with Gasteiger partial charge in [0.2, 0.25) is 0 Å². The Hall–Kier alpha value is -1.69. The first-order chi connectivity index (χ1) is 12.8. The SMILES string of the molecule is C1COCCN1.CC.CC1=CC=C(c2nc(C)n3c2CNCC3)C=CC1. The lowest BCUT2D eigenvalue weighted by atomic mass is 10.1. The predicted octanol–water partition coefficient (Wildman–Crippen LogP) is 3.22. The molecule has 4 rings (SSSR count). The van der Waals surface area contributed by atoms with Gasteiger partial charge in [-0.25, -0.2) is 4.98 Å². The zero-order chi connectivity index (χ0) is 18.8. The number of hydrogen-bond donors (Lipinski definition) is 2. The van der Waals surface area contributed by atoms with Crippen molar-refractivity contribution in [2.45, 2.75) is 47.2 Å². The minimum Gasteiger partial charge on any atom is -0.379 e. The molecule has 0 bridgehead atoms. The van der Waals surface area contributed by atoms with E-state index in [2.05, 4.69) is 53.4 Å². The van der Waals surface area contributed by atoms with Crippen LogP contribution in [0.25, 0.3) is 5.57 Å². The van der Waals surface area contributed by atoms with E-state index in [9.17, 15) is 0 Å². The first-order valence-electron chi connectivity index (χ1n) is 9.85. The van der Waals surface area contributed by atoms with Gasteiger partial charge in [0.15, 0.2) is 0 Å². The topological polar surface area (TPSA) is 51.1 Å². The summed E-state index contributed by atoms with van der Waals surface area (Å²) in [5, 5.41) is 6.59. The fraction of sp³-hybridized carbons (Fsp3) is 0.571. The van der Waals surface area contributed by atoms with E-state index in [-0.39, 0.29) is 0 Å². The maximum atomic E-state index is 5.01. The zero-order valence-corrected chi connectivity index (χ0v) is 16.8. The molecule has 1 saturated heterocycles. The van der Waals surface area contributed by atoms with Gasteiger partial charge in [0.05, 0.1) is 24.6 Å². The maximum Gasteiger partial charge on any atom is 0.106 e. The summed E-state index contributed by atoms with van der Waals surface area (Å²) in [6.07, 6.45) is 9.85. The molecule has 1 aliphatic carbocycles. The summed E-state index contributed by atoms with van der Waals surface area (Å²) in [5.41, 5.74) is 5.08. The van der Waals surface area contributed by atoms with Crippen LogP contribution in [-0.2, 0) is 17.8 Å². The lowest BCUT2D eigenvalue weighted by Crippen LogP contribution is -2.30. The van der Waals surface area contributed by atoms with Gasteiger partial charge in [0.1, 0.15) is 5.82 Å².